The van der Waals surface area contributed by atoms with Crippen LogP contribution in [0.3, 0.4) is 0 Å². The standard InChI is InChI=1S/C11H22N2O2/c1-11(2,3)9(12-4)10(15)13-6-5-8(14)7-13/h8-9,12,14H,5-7H2,1-4H3. The summed E-state index contributed by atoms with van der Waals surface area (Å²) in [5, 5.41) is 12.5. The molecule has 2 N–H and O–H groups in total. The molecule has 1 heterocycles. The average molecular weight is 214 g/mol. The molecule has 0 spiro atoms. The highest BCUT2D eigenvalue weighted by Gasteiger charge is 2.35. The number of nitrogens with one attached hydrogen (secondary N) is 1. The minimum absolute atomic E-state index is 0.0978. The number of β-amino-alcohol motifs (C(OH)–C–C–N with tert-alkyl or cyclic N) is 1. The van der Waals surface area contributed by atoms with Gasteiger partial charge in [0.15, 0.2) is 0 Å². The molecule has 4 heteroatoms. The summed E-state index contributed by atoms with van der Waals surface area (Å²) in [6, 6.07) is -0.178. The quantitative estimate of drug-likeness (QED) is 0.691. The van der Waals surface area contributed by atoms with Gasteiger partial charge in [-0.05, 0) is 18.9 Å². The Hall–Kier alpha value is -0.610. The van der Waals surface area contributed by atoms with Crippen LogP contribution in [0, 0.1) is 5.41 Å². The molecule has 0 bridgehead atoms. The molecular weight excluding hydrogens is 192 g/mol. The summed E-state index contributed by atoms with van der Waals surface area (Å²) in [7, 11) is 1.81. The zero-order valence-corrected chi connectivity index (χ0v) is 10.1. The number of likely N-dealkylation sites (N-methyl/N-ethyl adjacent to an activating group) is 1. The normalized spacial score (nSPS) is 24.3. The topological polar surface area (TPSA) is 52.6 Å². The third-order valence-electron chi connectivity index (χ3n) is 2.88. The van der Waals surface area contributed by atoms with Crippen molar-refractivity contribution in [2.75, 3.05) is 20.1 Å². The molecule has 2 unspecified atom stereocenters. The fourth-order valence-electron chi connectivity index (χ4n) is 2.05. The number of aliphatic hydroxyl groups is 1. The highest BCUT2D eigenvalue weighted by Crippen LogP contribution is 2.22. The van der Waals surface area contributed by atoms with E-state index in [1.54, 1.807) is 11.9 Å². The summed E-state index contributed by atoms with van der Waals surface area (Å²) in [5.41, 5.74) is -0.0978. The summed E-state index contributed by atoms with van der Waals surface area (Å²) in [4.78, 5) is 13.9. The highest BCUT2D eigenvalue weighted by atomic mass is 16.3. The second kappa shape index (κ2) is 4.49. The van der Waals surface area contributed by atoms with Gasteiger partial charge in [-0.15, -0.1) is 0 Å². The first kappa shape index (κ1) is 12.5. The average Bonchev–Trinajstić information content (AvgIpc) is 2.50. The molecular formula is C11H22N2O2. The van der Waals surface area contributed by atoms with Gasteiger partial charge in [0, 0.05) is 13.1 Å². The van der Waals surface area contributed by atoms with E-state index in [2.05, 4.69) is 5.32 Å². The molecule has 1 aliphatic rings. The Morgan fingerprint density at radius 1 is 1.53 bits per heavy atom. The molecule has 0 saturated carbocycles. The van der Waals surface area contributed by atoms with Gasteiger partial charge >= 0.3 is 0 Å². The molecule has 15 heavy (non-hydrogen) atoms. The Morgan fingerprint density at radius 2 is 2.13 bits per heavy atom. The number of rotatable bonds is 2. The molecule has 1 amide bonds. The van der Waals surface area contributed by atoms with Crippen LogP contribution in [0.25, 0.3) is 0 Å². The molecule has 1 fully saturated rings. The van der Waals surface area contributed by atoms with Crippen molar-refractivity contribution in [3.8, 4) is 0 Å². The van der Waals surface area contributed by atoms with Crippen molar-refractivity contribution in [1.82, 2.24) is 10.2 Å². The van der Waals surface area contributed by atoms with Gasteiger partial charge in [0.25, 0.3) is 0 Å². The molecule has 0 aliphatic carbocycles. The second-order valence-corrected chi connectivity index (χ2v) is 5.31. The minimum Gasteiger partial charge on any atom is -0.391 e. The zero-order valence-electron chi connectivity index (χ0n) is 10.1. The molecule has 2 atom stereocenters. The number of amides is 1. The monoisotopic (exact) mass is 214 g/mol. The van der Waals surface area contributed by atoms with Crippen molar-refractivity contribution in [3.05, 3.63) is 0 Å². The van der Waals surface area contributed by atoms with Gasteiger partial charge < -0.3 is 15.3 Å². The van der Waals surface area contributed by atoms with Gasteiger partial charge in [0.1, 0.15) is 0 Å². The molecule has 0 aromatic carbocycles. The largest absolute Gasteiger partial charge is 0.391 e. The Labute approximate surface area is 91.6 Å². The van der Waals surface area contributed by atoms with Crippen molar-refractivity contribution < 1.29 is 9.90 Å². The maximum Gasteiger partial charge on any atom is 0.240 e. The van der Waals surface area contributed by atoms with Crippen LogP contribution in [0.4, 0.5) is 0 Å². The van der Waals surface area contributed by atoms with Gasteiger partial charge in [0.05, 0.1) is 12.1 Å². The van der Waals surface area contributed by atoms with Crippen LogP contribution >= 0.6 is 0 Å². The fraction of sp³-hybridized carbons (Fsp3) is 0.909. The smallest absolute Gasteiger partial charge is 0.240 e. The van der Waals surface area contributed by atoms with E-state index in [4.69, 9.17) is 0 Å². The maximum absolute atomic E-state index is 12.1. The van der Waals surface area contributed by atoms with Gasteiger partial charge in [0.2, 0.25) is 5.91 Å². The first-order chi connectivity index (χ1) is 6.86. The lowest BCUT2D eigenvalue weighted by Crippen LogP contribution is -2.51. The SMILES string of the molecule is CNC(C(=O)N1CCC(O)C1)C(C)(C)C. The number of hydrogen-bond acceptors (Lipinski definition) is 3. The summed E-state index contributed by atoms with van der Waals surface area (Å²) in [6.45, 7) is 7.27. The Bertz CT molecular complexity index is 235. The predicted molar refractivity (Wildman–Crippen MR) is 59.5 cm³/mol. The molecule has 0 aromatic heterocycles. The van der Waals surface area contributed by atoms with Crippen LogP contribution in [0.2, 0.25) is 0 Å². The van der Waals surface area contributed by atoms with Gasteiger partial charge in [-0.25, -0.2) is 0 Å². The molecule has 1 aliphatic heterocycles. The number of nitrogens with zero attached hydrogens (tertiary/aromatic N) is 1. The van der Waals surface area contributed by atoms with Crippen molar-refractivity contribution >= 4 is 5.91 Å². The predicted octanol–water partition coefficient (Wildman–Crippen LogP) is 0.214. The molecule has 88 valence electrons. The van der Waals surface area contributed by atoms with E-state index in [1.807, 2.05) is 20.8 Å². The Balaban J connectivity index is 2.66. The first-order valence-electron chi connectivity index (χ1n) is 5.50. The lowest BCUT2D eigenvalue weighted by Gasteiger charge is -2.32. The van der Waals surface area contributed by atoms with Crippen molar-refractivity contribution in [2.24, 2.45) is 5.41 Å². The maximum atomic E-state index is 12.1. The van der Waals surface area contributed by atoms with E-state index in [0.717, 1.165) is 0 Å². The molecule has 1 rings (SSSR count). The van der Waals surface area contributed by atoms with Crippen molar-refractivity contribution in [1.29, 1.82) is 0 Å². The van der Waals surface area contributed by atoms with Crippen LogP contribution in [0.1, 0.15) is 27.2 Å². The fourth-order valence-corrected chi connectivity index (χ4v) is 2.05. The number of carbonyl (C=O) groups excluding carboxylic acids is 1. The van der Waals surface area contributed by atoms with Crippen LogP contribution in [-0.2, 0) is 4.79 Å². The molecule has 4 nitrogen and oxygen atoms in total. The number of aliphatic hydroxyl groups excluding tert-OH is 1. The Morgan fingerprint density at radius 3 is 2.47 bits per heavy atom. The van der Waals surface area contributed by atoms with Crippen LogP contribution < -0.4 is 5.32 Å². The van der Waals surface area contributed by atoms with Crippen LogP contribution in [0.15, 0.2) is 0 Å². The van der Waals surface area contributed by atoms with Crippen LogP contribution in [-0.4, -0.2) is 48.2 Å². The molecule has 1 saturated heterocycles. The van der Waals surface area contributed by atoms with E-state index < -0.39 is 0 Å². The minimum atomic E-state index is -0.341. The van der Waals surface area contributed by atoms with Gasteiger partial charge in [-0.2, -0.15) is 0 Å². The van der Waals surface area contributed by atoms with E-state index in [1.165, 1.54) is 0 Å². The van der Waals surface area contributed by atoms with Crippen LogP contribution in [0.5, 0.6) is 0 Å². The Kier molecular flexibility index (Phi) is 3.73. The summed E-state index contributed by atoms with van der Waals surface area (Å²) < 4.78 is 0. The third-order valence-corrected chi connectivity index (χ3v) is 2.88. The summed E-state index contributed by atoms with van der Waals surface area (Å²) >= 11 is 0. The van der Waals surface area contributed by atoms with Crippen molar-refractivity contribution in [2.45, 2.75) is 39.3 Å². The molecule has 0 radical (unpaired) electrons. The lowest BCUT2D eigenvalue weighted by atomic mass is 9.86. The lowest BCUT2D eigenvalue weighted by molar-refractivity contribution is -0.135. The second-order valence-electron chi connectivity index (χ2n) is 5.31. The third kappa shape index (κ3) is 2.92. The van der Waals surface area contributed by atoms with E-state index >= 15 is 0 Å². The van der Waals surface area contributed by atoms with E-state index in [0.29, 0.717) is 19.5 Å². The first-order valence-corrected chi connectivity index (χ1v) is 5.50. The summed E-state index contributed by atoms with van der Waals surface area (Å²) in [5.74, 6) is 0.0987. The zero-order chi connectivity index (χ0) is 11.6. The van der Waals surface area contributed by atoms with Gasteiger partial charge in [-0.3, -0.25) is 4.79 Å². The highest BCUT2D eigenvalue weighted by molar-refractivity contribution is 5.83. The van der Waals surface area contributed by atoms with Gasteiger partial charge in [-0.1, -0.05) is 20.8 Å². The molecule has 0 aromatic rings. The summed E-state index contributed by atoms with van der Waals surface area (Å²) in [6.07, 6.45) is 0.359. The number of likely N-dealkylation sites (tertiary alicyclic amines) is 1. The van der Waals surface area contributed by atoms with E-state index in [-0.39, 0.29) is 23.5 Å². The van der Waals surface area contributed by atoms with E-state index in [9.17, 15) is 9.90 Å². The number of hydrogen-bond donors (Lipinski definition) is 2. The number of carbonyl (C=O) groups is 1. The van der Waals surface area contributed by atoms with Crippen molar-refractivity contribution in [3.63, 3.8) is 0 Å².